The minimum Gasteiger partial charge on any atom is -0.493 e. The van der Waals surface area contributed by atoms with Gasteiger partial charge in [-0.2, -0.15) is 0 Å². The van der Waals surface area contributed by atoms with Gasteiger partial charge in [-0.3, -0.25) is 19.2 Å². The Balaban J connectivity index is 1.74. The average molecular weight is 466 g/mol. The zero-order chi connectivity index (χ0) is 22.8. The van der Waals surface area contributed by atoms with Crippen LogP contribution in [0.25, 0.3) is 11.8 Å². The van der Waals surface area contributed by atoms with Crippen LogP contribution in [0, 0.1) is 6.92 Å². The molecule has 0 unspecified atom stereocenters. The molecule has 0 N–H and O–H groups in total. The summed E-state index contributed by atoms with van der Waals surface area (Å²) in [4.78, 5) is 28.5. The number of hydrogen-bond donors (Lipinski definition) is 0. The van der Waals surface area contributed by atoms with Crippen molar-refractivity contribution in [3.8, 4) is 11.4 Å². The van der Waals surface area contributed by atoms with E-state index in [4.69, 9.17) is 17.0 Å². The maximum Gasteiger partial charge on any atom is 0.296 e. The van der Waals surface area contributed by atoms with E-state index in [9.17, 15) is 9.59 Å². The van der Waals surface area contributed by atoms with Crippen LogP contribution in [0.3, 0.4) is 0 Å². The lowest BCUT2D eigenvalue weighted by atomic mass is 10.2. The van der Waals surface area contributed by atoms with Gasteiger partial charge in [-0.05, 0) is 37.6 Å². The van der Waals surface area contributed by atoms with Gasteiger partial charge in [0.15, 0.2) is 4.32 Å². The maximum absolute atomic E-state index is 13.4. The van der Waals surface area contributed by atoms with Gasteiger partial charge in [0.1, 0.15) is 11.4 Å². The minimum atomic E-state index is -0.309. The summed E-state index contributed by atoms with van der Waals surface area (Å²) in [6.07, 6.45) is 2.66. The van der Waals surface area contributed by atoms with Crippen LogP contribution in [-0.2, 0) is 11.8 Å². The number of hydrogen-bond acceptors (Lipinski definition) is 5. The van der Waals surface area contributed by atoms with Crippen molar-refractivity contribution in [2.24, 2.45) is 7.05 Å². The highest BCUT2D eigenvalue weighted by atomic mass is 32.2. The molecule has 0 aliphatic carbocycles. The number of nitrogens with zero attached hydrogens (tertiary/aromatic N) is 3. The quantitative estimate of drug-likeness (QED) is 0.391. The minimum absolute atomic E-state index is 0.276. The predicted octanol–water partition coefficient (Wildman–Crippen LogP) is 4.68. The van der Waals surface area contributed by atoms with Crippen LogP contribution >= 0.6 is 24.0 Å². The lowest BCUT2D eigenvalue weighted by molar-refractivity contribution is -0.113. The molecule has 8 heteroatoms. The summed E-state index contributed by atoms with van der Waals surface area (Å²) in [6.45, 7) is 4.44. The molecule has 32 heavy (non-hydrogen) atoms. The number of rotatable bonds is 6. The third-order valence-electron chi connectivity index (χ3n) is 5.21. The Morgan fingerprint density at radius 3 is 2.47 bits per heavy atom. The van der Waals surface area contributed by atoms with Crippen LogP contribution in [0.1, 0.15) is 24.6 Å². The molecule has 0 spiro atoms. The van der Waals surface area contributed by atoms with Crippen LogP contribution in [-0.4, -0.2) is 26.2 Å². The molecule has 0 saturated carbocycles. The molecule has 1 aliphatic rings. The number of ether oxygens (including phenoxy) is 1. The monoisotopic (exact) mass is 465 g/mol. The maximum atomic E-state index is 13.4. The number of carbonyl (C=O) groups excluding carboxylic acids is 1. The smallest absolute Gasteiger partial charge is 0.296 e. The lowest BCUT2D eigenvalue weighted by Crippen LogP contribution is -2.33. The van der Waals surface area contributed by atoms with E-state index in [1.165, 1.54) is 16.7 Å². The number of anilines is 1. The van der Waals surface area contributed by atoms with E-state index in [-0.39, 0.29) is 17.2 Å². The average Bonchev–Trinajstić information content (AvgIpc) is 3.18. The van der Waals surface area contributed by atoms with Crippen molar-refractivity contribution in [1.29, 1.82) is 0 Å². The molecule has 0 atom stereocenters. The Kier molecular flexibility index (Phi) is 6.34. The molecule has 2 heterocycles. The van der Waals surface area contributed by atoms with Crippen molar-refractivity contribution < 1.29 is 9.53 Å². The zero-order valence-corrected chi connectivity index (χ0v) is 19.7. The topological polar surface area (TPSA) is 56.5 Å². The number of benzene rings is 2. The van der Waals surface area contributed by atoms with Crippen LogP contribution in [0.2, 0.25) is 0 Å². The number of para-hydroxylation sites is 2. The Hall–Kier alpha value is -3.10. The van der Waals surface area contributed by atoms with Gasteiger partial charge >= 0.3 is 0 Å². The first-order chi connectivity index (χ1) is 15.4. The van der Waals surface area contributed by atoms with Crippen molar-refractivity contribution >= 4 is 46.0 Å². The molecular weight excluding hydrogens is 442 g/mol. The Bertz CT molecular complexity index is 1280. The molecule has 1 aliphatic heterocycles. The van der Waals surface area contributed by atoms with Crippen molar-refractivity contribution in [2.75, 3.05) is 11.5 Å². The van der Waals surface area contributed by atoms with E-state index in [1.54, 1.807) is 22.5 Å². The fourth-order valence-corrected chi connectivity index (χ4v) is 4.82. The first kappa shape index (κ1) is 22.1. The summed E-state index contributed by atoms with van der Waals surface area (Å²) in [6, 6.07) is 16.9. The molecule has 0 bridgehead atoms. The standard InChI is InChI=1S/C24H23N3O3S2/c1-4-14-30-19-13-9-8-10-17(19)15-20-22(28)26(24(31)32-20)21-16(2)25(3)27(23(21)29)18-11-6-5-7-12-18/h5-13,15H,4,14H2,1-3H3. The second kappa shape index (κ2) is 9.18. The van der Waals surface area contributed by atoms with E-state index in [2.05, 4.69) is 0 Å². The van der Waals surface area contributed by atoms with E-state index >= 15 is 0 Å². The number of thioether (sulfide) groups is 1. The first-order valence-electron chi connectivity index (χ1n) is 10.3. The van der Waals surface area contributed by atoms with Gasteiger partial charge in [-0.1, -0.05) is 67.3 Å². The molecule has 3 aromatic rings. The summed E-state index contributed by atoms with van der Waals surface area (Å²) in [5.74, 6) is 0.401. The van der Waals surface area contributed by atoms with E-state index < -0.39 is 0 Å². The van der Waals surface area contributed by atoms with Gasteiger partial charge in [0.2, 0.25) is 0 Å². The first-order valence-corrected chi connectivity index (χ1v) is 11.5. The highest BCUT2D eigenvalue weighted by Crippen LogP contribution is 2.37. The number of amides is 1. The van der Waals surface area contributed by atoms with E-state index in [1.807, 2.05) is 68.4 Å². The van der Waals surface area contributed by atoms with Crippen molar-refractivity contribution in [3.63, 3.8) is 0 Å². The molecule has 1 fully saturated rings. The molecule has 1 saturated heterocycles. The highest BCUT2D eigenvalue weighted by Gasteiger charge is 2.37. The summed E-state index contributed by atoms with van der Waals surface area (Å²) in [5.41, 5.74) is 2.16. The molecule has 6 nitrogen and oxygen atoms in total. The lowest BCUT2D eigenvalue weighted by Gasteiger charge is -2.12. The molecule has 0 radical (unpaired) electrons. The molecule has 1 amide bonds. The number of aromatic nitrogens is 2. The fraction of sp³-hybridized carbons (Fsp3) is 0.208. The van der Waals surface area contributed by atoms with Gasteiger partial charge in [0.25, 0.3) is 11.5 Å². The van der Waals surface area contributed by atoms with Crippen LogP contribution in [0.5, 0.6) is 5.75 Å². The third kappa shape index (κ3) is 3.91. The van der Waals surface area contributed by atoms with Gasteiger partial charge in [0.05, 0.1) is 22.9 Å². The SMILES string of the molecule is CCCOc1ccccc1C=C1SC(=S)N(c2c(C)n(C)n(-c3ccccc3)c2=O)C1=O. The second-order valence-electron chi connectivity index (χ2n) is 7.31. The summed E-state index contributed by atoms with van der Waals surface area (Å²) in [5, 5.41) is 0. The largest absolute Gasteiger partial charge is 0.493 e. The molecular formula is C24H23N3O3S2. The van der Waals surface area contributed by atoms with Crippen LogP contribution in [0.15, 0.2) is 64.3 Å². The van der Waals surface area contributed by atoms with Gasteiger partial charge in [-0.25, -0.2) is 4.68 Å². The fourth-order valence-electron chi connectivity index (χ4n) is 3.56. The number of thiocarbonyl (C=S) groups is 1. The Morgan fingerprint density at radius 1 is 1.06 bits per heavy atom. The molecule has 1 aromatic heterocycles. The zero-order valence-electron chi connectivity index (χ0n) is 18.1. The Labute approximate surface area is 196 Å². The van der Waals surface area contributed by atoms with Crippen molar-refractivity contribution in [2.45, 2.75) is 20.3 Å². The second-order valence-corrected chi connectivity index (χ2v) is 8.99. The van der Waals surface area contributed by atoms with Crippen LogP contribution < -0.4 is 15.2 Å². The highest BCUT2D eigenvalue weighted by molar-refractivity contribution is 8.27. The molecule has 164 valence electrons. The van der Waals surface area contributed by atoms with Gasteiger partial charge < -0.3 is 4.74 Å². The Morgan fingerprint density at radius 2 is 1.75 bits per heavy atom. The summed E-state index contributed by atoms with van der Waals surface area (Å²) >= 11 is 6.71. The molecule has 4 rings (SSSR count). The van der Waals surface area contributed by atoms with Gasteiger partial charge in [0, 0.05) is 12.6 Å². The predicted molar refractivity (Wildman–Crippen MR) is 134 cm³/mol. The summed E-state index contributed by atoms with van der Waals surface area (Å²) < 4.78 is 9.42. The summed E-state index contributed by atoms with van der Waals surface area (Å²) in [7, 11) is 1.79. The third-order valence-corrected chi connectivity index (χ3v) is 6.51. The van der Waals surface area contributed by atoms with E-state index in [0.717, 1.165) is 17.7 Å². The molecule has 2 aromatic carbocycles. The van der Waals surface area contributed by atoms with Crippen molar-refractivity contribution in [3.05, 3.63) is 81.1 Å². The van der Waals surface area contributed by atoms with Crippen molar-refractivity contribution in [1.82, 2.24) is 9.36 Å². The number of carbonyl (C=O) groups is 1. The van der Waals surface area contributed by atoms with Crippen LogP contribution in [0.4, 0.5) is 5.69 Å². The normalized spacial score (nSPS) is 15.1. The van der Waals surface area contributed by atoms with Gasteiger partial charge in [-0.15, -0.1) is 0 Å². The van der Waals surface area contributed by atoms with E-state index in [0.29, 0.717) is 27.3 Å².